The minimum absolute atomic E-state index is 0.0134. The van der Waals surface area contributed by atoms with E-state index in [1.54, 1.807) is 0 Å². The molecule has 0 aliphatic carbocycles. The van der Waals surface area contributed by atoms with Gasteiger partial charge >= 0.3 is 0 Å². The van der Waals surface area contributed by atoms with Gasteiger partial charge in [-0.05, 0) is 36.2 Å². The molecule has 3 nitrogen and oxygen atoms in total. The number of hydrogen-bond donors (Lipinski definition) is 2. The summed E-state index contributed by atoms with van der Waals surface area (Å²) in [6.07, 6.45) is 0.743. The average molecular weight is 345 g/mol. The third-order valence-electron chi connectivity index (χ3n) is 3.80. The molecule has 108 valence electrons. The molecule has 1 aliphatic heterocycles. The number of benzene rings is 2. The molecule has 0 bridgehead atoms. The third kappa shape index (κ3) is 3.10. The van der Waals surface area contributed by atoms with Crippen molar-refractivity contribution in [3.05, 3.63) is 64.1 Å². The van der Waals surface area contributed by atoms with Crippen molar-refractivity contribution in [3.63, 3.8) is 0 Å². The van der Waals surface area contributed by atoms with E-state index in [0.717, 1.165) is 22.1 Å². The molecule has 1 heterocycles. The fourth-order valence-electron chi connectivity index (χ4n) is 2.63. The minimum Gasteiger partial charge on any atom is -0.373 e. The van der Waals surface area contributed by atoms with E-state index in [1.165, 1.54) is 5.56 Å². The van der Waals surface area contributed by atoms with Crippen molar-refractivity contribution in [2.75, 3.05) is 5.32 Å². The van der Waals surface area contributed by atoms with Gasteiger partial charge < -0.3 is 10.6 Å². The molecule has 0 spiro atoms. The quantitative estimate of drug-likeness (QED) is 0.891. The summed E-state index contributed by atoms with van der Waals surface area (Å²) < 4.78 is 1.02. The molecule has 2 N–H and O–H groups in total. The Hall–Kier alpha value is -1.81. The summed E-state index contributed by atoms with van der Waals surface area (Å²) in [5.74, 6) is 0.0404. The first-order chi connectivity index (χ1) is 10.1. The number of carbonyl (C=O) groups is 1. The van der Waals surface area contributed by atoms with E-state index >= 15 is 0 Å². The van der Waals surface area contributed by atoms with Gasteiger partial charge in [0.1, 0.15) is 6.04 Å². The molecule has 1 aliphatic rings. The van der Waals surface area contributed by atoms with E-state index in [0.29, 0.717) is 0 Å². The fraction of sp³-hybridized carbons (Fsp3) is 0.235. The predicted octanol–water partition coefficient (Wildman–Crippen LogP) is 3.66. The Morgan fingerprint density at radius 1 is 1.29 bits per heavy atom. The van der Waals surface area contributed by atoms with Crippen LogP contribution in [0.3, 0.4) is 0 Å². The summed E-state index contributed by atoms with van der Waals surface area (Å²) in [6, 6.07) is 15.9. The van der Waals surface area contributed by atoms with E-state index in [4.69, 9.17) is 0 Å². The summed E-state index contributed by atoms with van der Waals surface area (Å²) in [5, 5.41) is 6.36. The molecule has 3 rings (SSSR count). The van der Waals surface area contributed by atoms with Gasteiger partial charge in [-0.15, -0.1) is 0 Å². The lowest BCUT2D eigenvalue weighted by Crippen LogP contribution is -2.39. The van der Waals surface area contributed by atoms with Gasteiger partial charge in [-0.1, -0.05) is 46.3 Å². The number of nitrogens with one attached hydrogen (secondary N) is 2. The van der Waals surface area contributed by atoms with Crippen LogP contribution >= 0.6 is 15.9 Å². The van der Waals surface area contributed by atoms with Crippen LogP contribution in [0.25, 0.3) is 0 Å². The Bertz CT molecular complexity index is 646. The second kappa shape index (κ2) is 5.90. The Labute approximate surface area is 132 Å². The second-order valence-corrected chi connectivity index (χ2v) is 6.26. The van der Waals surface area contributed by atoms with Gasteiger partial charge in [0.25, 0.3) is 0 Å². The van der Waals surface area contributed by atoms with E-state index in [2.05, 4.69) is 32.6 Å². The van der Waals surface area contributed by atoms with Gasteiger partial charge in [0.2, 0.25) is 5.91 Å². The van der Waals surface area contributed by atoms with Crippen LogP contribution in [0, 0.1) is 0 Å². The molecule has 2 aromatic carbocycles. The molecule has 1 amide bonds. The minimum atomic E-state index is -0.183. The van der Waals surface area contributed by atoms with E-state index in [1.807, 2.05) is 49.4 Å². The maximum Gasteiger partial charge on any atom is 0.243 e. The average Bonchev–Trinajstić information content (AvgIpc) is 2.91. The van der Waals surface area contributed by atoms with Crippen molar-refractivity contribution in [2.45, 2.75) is 25.4 Å². The Kier molecular flexibility index (Phi) is 3.97. The SMILES string of the molecule is C[C@@H](NC(=O)C1Cc2ccccc2N1)c1cccc(Br)c1. The second-order valence-electron chi connectivity index (χ2n) is 5.34. The zero-order chi connectivity index (χ0) is 14.8. The standard InChI is InChI=1S/C17H17BrN2O/c1-11(12-6-4-7-14(18)9-12)19-17(21)16-10-13-5-2-3-8-15(13)20-16/h2-9,11,16,20H,10H2,1H3,(H,19,21)/t11-,16?/m1/s1. The number of anilines is 1. The number of amides is 1. The van der Waals surface area contributed by atoms with Gasteiger partial charge in [-0.2, -0.15) is 0 Å². The highest BCUT2D eigenvalue weighted by molar-refractivity contribution is 9.10. The largest absolute Gasteiger partial charge is 0.373 e. The highest BCUT2D eigenvalue weighted by atomic mass is 79.9. The summed E-state index contributed by atoms with van der Waals surface area (Å²) in [4.78, 5) is 12.4. The summed E-state index contributed by atoms with van der Waals surface area (Å²) in [7, 11) is 0. The Morgan fingerprint density at radius 2 is 2.10 bits per heavy atom. The van der Waals surface area contributed by atoms with Crippen LogP contribution in [0.15, 0.2) is 53.0 Å². The van der Waals surface area contributed by atoms with Crippen molar-refractivity contribution in [3.8, 4) is 0 Å². The lowest BCUT2D eigenvalue weighted by molar-refractivity contribution is -0.122. The molecule has 2 aromatic rings. The zero-order valence-corrected chi connectivity index (χ0v) is 13.4. The normalized spacial score (nSPS) is 17.7. The topological polar surface area (TPSA) is 41.1 Å². The van der Waals surface area contributed by atoms with Crippen molar-refractivity contribution in [1.29, 1.82) is 0 Å². The number of halogens is 1. The van der Waals surface area contributed by atoms with Crippen LogP contribution < -0.4 is 10.6 Å². The number of fused-ring (bicyclic) bond motifs is 1. The van der Waals surface area contributed by atoms with Crippen molar-refractivity contribution in [2.24, 2.45) is 0 Å². The first-order valence-electron chi connectivity index (χ1n) is 7.04. The lowest BCUT2D eigenvalue weighted by atomic mass is 10.1. The molecule has 4 heteroatoms. The van der Waals surface area contributed by atoms with Crippen LogP contribution in [-0.4, -0.2) is 11.9 Å². The third-order valence-corrected chi connectivity index (χ3v) is 4.29. The maximum atomic E-state index is 12.4. The highest BCUT2D eigenvalue weighted by Gasteiger charge is 2.27. The number of hydrogen-bond acceptors (Lipinski definition) is 2. The molecule has 0 fully saturated rings. The first kappa shape index (κ1) is 14.1. The van der Waals surface area contributed by atoms with E-state index in [9.17, 15) is 4.79 Å². The number of para-hydroxylation sites is 1. The van der Waals surface area contributed by atoms with Crippen LogP contribution in [-0.2, 0) is 11.2 Å². The maximum absolute atomic E-state index is 12.4. The molecule has 21 heavy (non-hydrogen) atoms. The fourth-order valence-corrected chi connectivity index (χ4v) is 3.05. The Morgan fingerprint density at radius 3 is 2.86 bits per heavy atom. The molecule has 0 radical (unpaired) electrons. The monoisotopic (exact) mass is 344 g/mol. The molecular formula is C17H17BrN2O. The predicted molar refractivity (Wildman–Crippen MR) is 88.3 cm³/mol. The van der Waals surface area contributed by atoms with Gasteiger partial charge in [0, 0.05) is 16.6 Å². The Balaban J connectivity index is 1.65. The van der Waals surface area contributed by atoms with Gasteiger partial charge in [0.05, 0.1) is 6.04 Å². The molecule has 0 saturated carbocycles. The summed E-state index contributed by atoms with van der Waals surface area (Å²) in [6.45, 7) is 2.00. The smallest absolute Gasteiger partial charge is 0.243 e. The molecule has 0 aromatic heterocycles. The summed E-state index contributed by atoms with van der Waals surface area (Å²) >= 11 is 3.46. The molecular weight excluding hydrogens is 328 g/mol. The first-order valence-corrected chi connectivity index (χ1v) is 7.83. The molecule has 0 saturated heterocycles. The zero-order valence-electron chi connectivity index (χ0n) is 11.8. The van der Waals surface area contributed by atoms with Crippen LogP contribution in [0.4, 0.5) is 5.69 Å². The van der Waals surface area contributed by atoms with Gasteiger partial charge in [-0.25, -0.2) is 0 Å². The van der Waals surface area contributed by atoms with E-state index in [-0.39, 0.29) is 18.0 Å². The molecule has 1 unspecified atom stereocenters. The van der Waals surface area contributed by atoms with Crippen LogP contribution in [0.1, 0.15) is 24.1 Å². The van der Waals surface area contributed by atoms with Gasteiger partial charge in [-0.3, -0.25) is 4.79 Å². The van der Waals surface area contributed by atoms with Gasteiger partial charge in [0.15, 0.2) is 0 Å². The van der Waals surface area contributed by atoms with E-state index < -0.39 is 0 Å². The lowest BCUT2D eigenvalue weighted by Gasteiger charge is -2.18. The van der Waals surface area contributed by atoms with Crippen molar-refractivity contribution in [1.82, 2.24) is 5.32 Å². The van der Waals surface area contributed by atoms with Crippen molar-refractivity contribution >= 4 is 27.5 Å². The number of rotatable bonds is 3. The highest BCUT2D eigenvalue weighted by Crippen LogP contribution is 2.26. The van der Waals surface area contributed by atoms with Crippen LogP contribution in [0.5, 0.6) is 0 Å². The van der Waals surface area contributed by atoms with Crippen LogP contribution in [0.2, 0.25) is 0 Å². The summed E-state index contributed by atoms with van der Waals surface area (Å²) in [5.41, 5.74) is 3.36. The number of carbonyl (C=O) groups excluding carboxylic acids is 1. The molecule has 2 atom stereocenters. The van der Waals surface area contributed by atoms with Crippen molar-refractivity contribution < 1.29 is 4.79 Å².